The summed E-state index contributed by atoms with van der Waals surface area (Å²) >= 11 is 12.7. The second kappa shape index (κ2) is 9.82. The molecule has 2 atom stereocenters. The van der Waals surface area contributed by atoms with Crippen molar-refractivity contribution in [1.82, 2.24) is 5.43 Å². The summed E-state index contributed by atoms with van der Waals surface area (Å²) in [5.74, 6) is -2.46. The number of ether oxygens (including phenoxy) is 1. The van der Waals surface area contributed by atoms with Gasteiger partial charge in [0.05, 0.1) is 35.1 Å². The van der Waals surface area contributed by atoms with Crippen LogP contribution in [0.4, 0.5) is 5.69 Å². The molecule has 42 heavy (non-hydrogen) atoms. The van der Waals surface area contributed by atoms with Gasteiger partial charge in [-0.25, -0.2) is 10.3 Å². The number of carbonyl (C=O) groups is 3. The second-order valence-corrected chi connectivity index (χ2v) is 11.4. The number of amides is 3. The first kappa shape index (κ1) is 26.4. The first-order chi connectivity index (χ1) is 20.4. The maximum Gasteiger partial charge on any atom is 0.271 e. The predicted molar refractivity (Wildman–Crippen MR) is 160 cm³/mol. The Morgan fingerprint density at radius 3 is 2.26 bits per heavy atom. The Balaban J connectivity index is 1.39. The monoisotopic (exact) mass is 595 g/mol. The summed E-state index contributed by atoms with van der Waals surface area (Å²) in [6.45, 7) is 0. The van der Waals surface area contributed by atoms with Crippen molar-refractivity contribution in [2.24, 2.45) is 16.9 Å². The third-order valence-corrected chi connectivity index (χ3v) is 9.14. The zero-order chi connectivity index (χ0) is 29.2. The van der Waals surface area contributed by atoms with Crippen LogP contribution in [0, 0.1) is 11.8 Å². The van der Waals surface area contributed by atoms with Gasteiger partial charge in [0.1, 0.15) is 5.75 Å². The molecule has 7 nitrogen and oxygen atoms in total. The van der Waals surface area contributed by atoms with Gasteiger partial charge in [-0.15, -0.1) is 0 Å². The number of anilines is 1. The summed E-state index contributed by atoms with van der Waals surface area (Å²) in [5.41, 5.74) is 5.81. The van der Waals surface area contributed by atoms with Crippen molar-refractivity contribution in [2.75, 3.05) is 12.0 Å². The molecule has 1 saturated heterocycles. The zero-order valence-electron chi connectivity index (χ0n) is 22.3. The quantitative estimate of drug-likeness (QED) is 0.175. The van der Waals surface area contributed by atoms with Gasteiger partial charge in [0.25, 0.3) is 5.91 Å². The van der Waals surface area contributed by atoms with Crippen LogP contribution in [0.2, 0.25) is 10.0 Å². The van der Waals surface area contributed by atoms with Gasteiger partial charge >= 0.3 is 0 Å². The van der Waals surface area contributed by atoms with E-state index in [0.717, 1.165) is 22.3 Å². The lowest BCUT2D eigenvalue weighted by molar-refractivity contribution is -0.122. The number of rotatable bonds is 5. The molecule has 1 fully saturated rings. The van der Waals surface area contributed by atoms with Crippen LogP contribution < -0.4 is 15.1 Å². The summed E-state index contributed by atoms with van der Waals surface area (Å²) in [6.07, 6.45) is 1.62. The van der Waals surface area contributed by atoms with Crippen LogP contribution in [0.15, 0.2) is 96.1 Å². The first-order valence-corrected chi connectivity index (χ1v) is 14.1. The van der Waals surface area contributed by atoms with E-state index in [4.69, 9.17) is 27.9 Å². The Morgan fingerprint density at radius 1 is 0.905 bits per heavy atom. The highest BCUT2D eigenvalue weighted by Gasteiger charge is 2.68. The minimum absolute atomic E-state index is 0.207. The van der Waals surface area contributed by atoms with Crippen molar-refractivity contribution in [1.29, 1.82) is 0 Å². The molecule has 4 aliphatic rings. The van der Waals surface area contributed by atoms with Gasteiger partial charge in [-0.1, -0.05) is 77.8 Å². The molecule has 1 aliphatic heterocycles. The number of benzene rings is 4. The van der Waals surface area contributed by atoms with E-state index in [-0.39, 0.29) is 28.4 Å². The fourth-order valence-electron chi connectivity index (χ4n) is 6.97. The van der Waals surface area contributed by atoms with Crippen molar-refractivity contribution in [2.45, 2.75) is 11.3 Å². The number of hydrazone groups is 1. The van der Waals surface area contributed by atoms with E-state index >= 15 is 0 Å². The molecule has 3 amide bonds. The number of hydrogen-bond donors (Lipinski definition) is 1. The normalized spacial score (nSPS) is 23.5. The number of halogens is 2. The van der Waals surface area contributed by atoms with Crippen LogP contribution >= 0.6 is 23.2 Å². The number of nitrogens with one attached hydrogen (secondary N) is 1. The van der Waals surface area contributed by atoms with Gasteiger partial charge in [0, 0.05) is 22.7 Å². The van der Waals surface area contributed by atoms with Gasteiger partial charge < -0.3 is 4.74 Å². The van der Waals surface area contributed by atoms with Gasteiger partial charge in [-0.3, -0.25) is 14.4 Å². The molecule has 0 radical (unpaired) electrons. The fraction of sp³-hybridized carbons (Fsp3) is 0.152. The molecule has 3 aliphatic carbocycles. The highest BCUT2D eigenvalue weighted by Crippen LogP contribution is 2.63. The molecule has 1 heterocycles. The summed E-state index contributed by atoms with van der Waals surface area (Å²) in [6, 6.07) is 27.1. The molecule has 0 saturated carbocycles. The SMILES string of the molecule is COc1cccc(C(=O)N/N=C\C23c4ccccc4C(c4ccccc42)[C@@H]2C(=O)N(c4ccc(Cl)cc4Cl)C(=O)[C@@H]23)c1. The van der Waals surface area contributed by atoms with Crippen LogP contribution in [0.25, 0.3) is 0 Å². The lowest BCUT2D eigenvalue weighted by Crippen LogP contribution is -2.54. The highest BCUT2D eigenvalue weighted by atomic mass is 35.5. The molecule has 2 bridgehead atoms. The predicted octanol–water partition coefficient (Wildman–Crippen LogP) is 5.97. The summed E-state index contributed by atoms with van der Waals surface area (Å²) < 4.78 is 5.24. The maximum absolute atomic E-state index is 14.4. The number of methoxy groups -OCH3 is 1. The van der Waals surface area contributed by atoms with Crippen LogP contribution in [0.5, 0.6) is 5.75 Å². The van der Waals surface area contributed by atoms with Gasteiger partial charge in [-0.2, -0.15) is 5.10 Å². The lowest BCUT2D eigenvalue weighted by atomic mass is 9.47. The van der Waals surface area contributed by atoms with E-state index in [9.17, 15) is 14.4 Å². The van der Waals surface area contributed by atoms with E-state index in [0.29, 0.717) is 16.3 Å². The van der Waals surface area contributed by atoms with E-state index in [1.165, 1.54) is 18.1 Å². The molecule has 0 spiro atoms. The standard InChI is InChI=1S/C33H23Cl2N3O4/c1-42-20-8-6-7-18(15-20)30(39)37-36-17-33-23-11-4-2-9-21(23)27(22-10-3-5-12-24(22)33)28-29(33)32(41)38(31(28)40)26-14-13-19(34)16-25(26)35/h2-17,27-29H,1H3,(H,37,39)/b36-17-/t27?,28-,29+,33?/m0/s1. The van der Waals surface area contributed by atoms with Crippen LogP contribution in [-0.2, 0) is 15.0 Å². The third kappa shape index (κ3) is 3.67. The van der Waals surface area contributed by atoms with Crippen molar-refractivity contribution in [3.63, 3.8) is 0 Å². The molecule has 9 heteroatoms. The molecule has 8 rings (SSSR count). The van der Waals surface area contributed by atoms with Gasteiger partial charge in [-0.05, 0) is 58.7 Å². The van der Waals surface area contributed by atoms with E-state index in [1.807, 2.05) is 48.5 Å². The number of nitrogens with zero attached hydrogens (tertiary/aromatic N) is 2. The minimum atomic E-state index is -1.13. The van der Waals surface area contributed by atoms with Crippen molar-refractivity contribution in [3.05, 3.63) is 129 Å². The number of carbonyl (C=O) groups excluding carboxylic acids is 3. The topological polar surface area (TPSA) is 88.1 Å². The smallest absolute Gasteiger partial charge is 0.271 e. The van der Waals surface area contributed by atoms with Crippen LogP contribution in [-0.4, -0.2) is 31.0 Å². The average Bonchev–Trinajstić information content (AvgIpc) is 3.27. The molecular weight excluding hydrogens is 573 g/mol. The van der Waals surface area contributed by atoms with Gasteiger partial charge in [0.15, 0.2) is 0 Å². The molecule has 0 aromatic heterocycles. The van der Waals surface area contributed by atoms with Crippen LogP contribution in [0.3, 0.4) is 0 Å². The number of hydrogen-bond acceptors (Lipinski definition) is 5. The molecule has 4 aromatic rings. The second-order valence-electron chi connectivity index (χ2n) is 10.6. The Bertz CT molecular complexity index is 1790. The highest BCUT2D eigenvalue weighted by molar-refractivity contribution is 6.38. The Labute approximate surface area is 251 Å². The fourth-order valence-corrected chi connectivity index (χ4v) is 7.46. The molecule has 1 N–H and O–H groups in total. The Morgan fingerprint density at radius 2 is 1.60 bits per heavy atom. The summed E-state index contributed by atoms with van der Waals surface area (Å²) in [7, 11) is 1.53. The van der Waals surface area contributed by atoms with Crippen molar-refractivity contribution >= 4 is 52.8 Å². The maximum atomic E-state index is 14.4. The van der Waals surface area contributed by atoms with Gasteiger partial charge in [0.2, 0.25) is 11.8 Å². The minimum Gasteiger partial charge on any atom is -0.497 e. The van der Waals surface area contributed by atoms with E-state index in [2.05, 4.69) is 10.5 Å². The third-order valence-electron chi connectivity index (χ3n) is 8.60. The first-order valence-electron chi connectivity index (χ1n) is 13.4. The Kier molecular flexibility index (Phi) is 6.18. The number of imide groups is 1. The molecule has 4 aromatic carbocycles. The van der Waals surface area contributed by atoms with Crippen molar-refractivity contribution in [3.8, 4) is 5.75 Å². The molecule has 208 valence electrons. The molecular formula is C33H23Cl2N3O4. The lowest BCUT2D eigenvalue weighted by Gasteiger charge is -2.52. The van der Waals surface area contributed by atoms with E-state index < -0.39 is 23.2 Å². The summed E-state index contributed by atoms with van der Waals surface area (Å²) in [5, 5.41) is 5.05. The Hall–Kier alpha value is -4.46. The summed E-state index contributed by atoms with van der Waals surface area (Å²) in [4.78, 5) is 42.9. The molecule has 0 unspecified atom stereocenters. The van der Waals surface area contributed by atoms with E-state index in [1.54, 1.807) is 42.6 Å². The average molecular weight is 596 g/mol. The van der Waals surface area contributed by atoms with Crippen molar-refractivity contribution < 1.29 is 19.1 Å². The zero-order valence-corrected chi connectivity index (χ0v) is 23.8. The largest absolute Gasteiger partial charge is 0.497 e. The van der Waals surface area contributed by atoms with Crippen LogP contribution in [0.1, 0.15) is 38.5 Å².